The average molecular weight is 616 g/mol. The predicted molar refractivity (Wildman–Crippen MR) is 129 cm³/mol. The zero-order chi connectivity index (χ0) is 29.2. The van der Waals surface area contributed by atoms with Crippen LogP contribution in [-0.4, -0.2) is 48.4 Å². The third kappa shape index (κ3) is 6.91. The minimum Gasteiger partial charge on any atom is -0.352 e. The Kier molecular flexibility index (Phi) is 9.05. The van der Waals surface area contributed by atoms with Crippen LogP contribution in [0.15, 0.2) is 51.2 Å². The maximum atomic E-state index is 14.6. The molecule has 0 bridgehead atoms. The van der Waals surface area contributed by atoms with Crippen LogP contribution >= 0.6 is 22.9 Å². The SMILES string of the molecule is Cc1cn([C@@H]2CC(N=[N+]=[N-])[C@H](COP(=O)(O)OP(=O)(O)C(F)(F)P(=O)(O)Nc3ccccc3)O2)c(=O)[nH]c1=O. The second-order valence-corrected chi connectivity index (χ2v) is 13.8. The van der Waals surface area contributed by atoms with Gasteiger partial charge in [-0.3, -0.25) is 28.0 Å². The molecule has 2 heterocycles. The molecule has 4 unspecified atom stereocenters. The van der Waals surface area contributed by atoms with Crippen LogP contribution in [0, 0.1) is 6.92 Å². The number of H-pyrrole nitrogens is 1. The molecule has 6 atom stereocenters. The third-order valence-electron chi connectivity index (χ3n) is 5.24. The molecular weight excluding hydrogens is 595 g/mol. The van der Waals surface area contributed by atoms with Gasteiger partial charge in [0.15, 0.2) is 0 Å². The van der Waals surface area contributed by atoms with Gasteiger partial charge in [0.25, 0.3) is 5.56 Å². The fourth-order valence-corrected chi connectivity index (χ4v) is 7.85. The van der Waals surface area contributed by atoms with Crippen LogP contribution in [-0.2, 0) is 27.3 Å². The molecule has 39 heavy (non-hydrogen) atoms. The summed E-state index contributed by atoms with van der Waals surface area (Å²) in [7, 11) is -18.6. The molecule has 1 aromatic heterocycles. The number of nitrogens with one attached hydrogen (secondary N) is 2. The lowest BCUT2D eigenvalue weighted by atomic mass is 10.1. The molecule has 0 saturated carbocycles. The number of hydrogen-bond acceptors (Lipinski definition) is 9. The zero-order valence-electron chi connectivity index (χ0n) is 19.6. The lowest BCUT2D eigenvalue weighted by Crippen LogP contribution is -2.33. The monoisotopic (exact) mass is 616 g/mol. The summed E-state index contributed by atoms with van der Waals surface area (Å²) in [4.78, 5) is 57.7. The van der Waals surface area contributed by atoms with E-state index in [0.29, 0.717) is 0 Å². The van der Waals surface area contributed by atoms with E-state index in [1.165, 1.54) is 30.2 Å². The number of azide groups is 1. The molecule has 0 amide bonds. The van der Waals surface area contributed by atoms with E-state index in [-0.39, 0.29) is 17.7 Å². The first kappa shape index (κ1) is 30.9. The second kappa shape index (κ2) is 11.4. The molecule has 1 aliphatic heterocycles. The number of aromatic amines is 1. The first-order chi connectivity index (χ1) is 18.0. The summed E-state index contributed by atoms with van der Waals surface area (Å²) in [5.41, 5.74) is 7.02. The quantitative estimate of drug-likeness (QED) is 0.106. The molecule has 22 heteroatoms. The Hall–Kier alpha value is -2.68. The highest BCUT2D eigenvalue weighted by atomic mass is 31.3. The van der Waals surface area contributed by atoms with E-state index in [9.17, 15) is 46.7 Å². The van der Waals surface area contributed by atoms with Crippen molar-refractivity contribution < 1.29 is 50.7 Å². The minimum atomic E-state index is -6.69. The van der Waals surface area contributed by atoms with Gasteiger partial charge in [0.2, 0.25) is 0 Å². The van der Waals surface area contributed by atoms with Crippen molar-refractivity contribution in [3.63, 3.8) is 0 Å². The number of alkyl halides is 2. The van der Waals surface area contributed by atoms with Crippen LogP contribution in [0.3, 0.4) is 0 Å². The van der Waals surface area contributed by atoms with Crippen molar-refractivity contribution in [2.75, 3.05) is 11.7 Å². The number of para-hydroxylation sites is 1. The Morgan fingerprint density at radius 1 is 1.26 bits per heavy atom. The van der Waals surface area contributed by atoms with Crippen molar-refractivity contribution in [3.8, 4) is 0 Å². The van der Waals surface area contributed by atoms with Crippen molar-refractivity contribution >= 4 is 28.6 Å². The van der Waals surface area contributed by atoms with E-state index in [1.807, 2.05) is 4.98 Å². The molecular formula is C17H21F2N6O11P3. The van der Waals surface area contributed by atoms with Gasteiger partial charge in [0.1, 0.15) is 6.23 Å². The molecule has 1 aliphatic rings. The molecule has 0 aliphatic carbocycles. The number of rotatable bonds is 11. The topological polar surface area (TPSA) is 255 Å². The molecule has 17 nitrogen and oxygen atoms in total. The summed E-state index contributed by atoms with van der Waals surface area (Å²) in [6.45, 7) is 0.341. The Bertz CT molecular complexity index is 1530. The van der Waals surface area contributed by atoms with Crippen LogP contribution in [0.4, 0.5) is 14.5 Å². The van der Waals surface area contributed by atoms with Crippen molar-refractivity contribution in [2.24, 2.45) is 5.11 Å². The molecule has 1 fully saturated rings. The van der Waals surface area contributed by atoms with E-state index in [4.69, 9.17) is 10.3 Å². The van der Waals surface area contributed by atoms with Gasteiger partial charge in [0, 0.05) is 28.8 Å². The van der Waals surface area contributed by atoms with Crippen LogP contribution in [0.5, 0.6) is 0 Å². The number of aryl methyl sites for hydroxylation is 1. The highest BCUT2D eigenvalue weighted by molar-refractivity contribution is 7.78. The van der Waals surface area contributed by atoms with Crippen LogP contribution < -0.4 is 16.3 Å². The van der Waals surface area contributed by atoms with Gasteiger partial charge >= 0.3 is 34.0 Å². The number of phosphoric acid groups is 1. The number of aromatic nitrogens is 2. The van der Waals surface area contributed by atoms with Gasteiger partial charge in [0.05, 0.1) is 18.8 Å². The average Bonchev–Trinajstić information content (AvgIpc) is 3.22. The lowest BCUT2D eigenvalue weighted by Gasteiger charge is -2.27. The summed E-state index contributed by atoms with van der Waals surface area (Å²) in [5.74, 6) is 0. The second-order valence-electron chi connectivity index (χ2n) is 8.05. The van der Waals surface area contributed by atoms with E-state index in [2.05, 4.69) is 18.9 Å². The smallest absolute Gasteiger partial charge is 0.352 e. The Morgan fingerprint density at radius 3 is 2.51 bits per heavy atom. The van der Waals surface area contributed by atoms with Gasteiger partial charge in [-0.2, -0.15) is 8.78 Å². The van der Waals surface area contributed by atoms with Gasteiger partial charge in [-0.15, -0.1) is 0 Å². The van der Waals surface area contributed by atoms with E-state index in [0.717, 1.165) is 22.9 Å². The summed E-state index contributed by atoms with van der Waals surface area (Å²) in [6.07, 6.45) is -1.64. The standard InChI is InChI=1S/C17H21F2N6O11P3/c1-10-8-25(16(27)21-15(10)26)14-7-12(22-24-20)13(35-14)9-34-39(32,33)36-38(30,31)17(18,19)37(28,29)23-11-5-3-2-4-6-11/h2-6,8,12-14H,7,9H2,1H3,(H,30,31)(H,32,33)(H,21,26,27)(H2,23,28,29)/t12?,13-,14-/m0/s1. The van der Waals surface area contributed by atoms with Gasteiger partial charge in [-0.25, -0.2) is 13.7 Å². The maximum absolute atomic E-state index is 14.6. The van der Waals surface area contributed by atoms with Crippen LogP contribution in [0.25, 0.3) is 10.4 Å². The largest absolute Gasteiger partial charge is 0.479 e. The van der Waals surface area contributed by atoms with E-state index >= 15 is 0 Å². The predicted octanol–water partition coefficient (Wildman–Crippen LogP) is 2.98. The zero-order valence-corrected chi connectivity index (χ0v) is 22.3. The molecule has 5 N–H and O–H groups in total. The summed E-state index contributed by atoms with van der Waals surface area (Å²) < 4.78 is 80.6. The third-order valence-corrected chi connectivity index (χ3v) is 11.0. The summed E-state index contributed by atoms with van der Waals surface area (Å²) in [5, 5.41) is -0.572. The number of ether oxygens (including phenoxy) is 1. The maximum Gasteiger partial charge on any atom is 0.479 e. The molecule has 3 rings (SSSR count). The molecule has 0 spiro atoms. The van der Waals surface area contributed by atoms with Crippen molar-refractivity contribution in [1.29, 1.82) is 0 Å². The molecule has 214 valence electrons. The number of phosphoric ester groups is 1. The summed E-state index contributed by atoms with van der Waals surface area (Å²) >= 11 is 0. The van der Waals surface area contributed by atoms with Gasteiger partial charge in [-0.05, 0) is 24.6 Å². The fourth-order valence-electron chi connectivity index (χ4n) is 3.33. The number of hydrogen-bond donors (Lipinski definition) is 5. The number of benzene rings is 1. The number of anilines is 1. The number of halogens is 2. The van der Waals surface area contributed by atoms with Crippen molar-refractivity contribution in [3.05, 3.63) is 73.4 Å². The van der Waals surface area contributed by atoms with Crippen LogP contribution in [0.1, 0.15) is 18.2 Å². The number of nitrogens with zero attached hydrogens (tertiary/aromatic N) is 4. The molecule has 1 saturated heterocycles. The van der Waals surface area contributed by atoms with Crippen molar-refractivity contribution in [2.45, 2.75) is 37.1 Å². The molecule has 1 aromatic carbocycles. The van der Waals surface area contributed by atoms with Crippen LogP contribution in [0.2, 0.25) is 0 Å². The highest BCUT2D eigenvalue weighted by Gasteiger charge is 2.67. The Labute approximate surface area is 216 Å². The highest BCUT2D eigenvalue weighted by Crippen LogP contribution is 2.78. The summed E-state index contributed by atoms with van der Waals surface area (Å²) in [6, 6.07) is 5.10. The van der Waals surface area contributed by atoms with Gasteiger partial charge in [-0.1, -0.05) is 23.3 Å². The molecule has 0 radical (unpaired) electrons. The Balaban J connectivity index is 1.74. The molecule has 2 aromatic rings. The normalized spacial score (nSPS) is 24.1. The fraction of sp³-hybridized carbons (Fsp3) is 0.412. The Morgan fingerprint density at radius 2 is 1.90 bits per heavy atom. The van der Waals surface area contributed by atoms with E-state index in [1.54, 1.807) is 0 Å². The lowest BCUT2D eigenvalue weighted by molar-refractivity contribution is -0.0268. The minimum absolute atomic E-state index is 0.119. The van der Waals surface area contributed by atoms with E-state index < -0.39 is 64.6 Å². The van der Waals surface area contributed by atoms with Gasteiger partial charge < -0.3 is 24.5 Å². The van der Waals surface area contributed by atoms with Crippen molar-refractivity contribution in [1.82, 2.24) is 9.55 Å². The first-order valence-electron chi connectivity index (χ1n) is 10.6. The first-order valence-corrected chi connectivity index (χ1v) is 15.3.